The van der Waals surface area contributed by atoms with Gasteiger partial charge in [0.15, 0.2) is 0 Å². The Hall–Kier alpha value is -2.02. The molecule has 2 rings (SSSR count). The summed E-state index contributed by atoms with van der Waals surface area (Å²) >= 11 is 0. The molecule has 0 unspecified atom stereocenters. The Balaban J connectivity index is 2.18. The third kappa shape index (κ3) is 2.56. The molecule has 4 nitrogen and oxygen atoms in total. The predicted octanol–water partition coefficient (Wildman–Crippen LogP) is 2.12. The van der Waals surface area contributed by atoms with Crippen LogP contribution in [0.5, 0.6) is 0 Å². The number of carbonyl (C=O) groups is 1. The monoisotopic (exact) mass is 230 g/mol. The van der Waals surface area contributed by atoms with Crippen LogP contribution in [0.15, 0.2) is 22.1 Å². The van der Waals surface area contributed by atoms with Crippen LogP contribution in [0, 0.1) is 18.3 Å². The molecule has 0 saturated carbocycles. The van der Waals surface area contributed by atoms with Gasteiger partial charge in [-0.25, -0.2) is 0 Å². The normalized spacial score (nSPS) is 16.0. The highest BCUT2D eigenvalue weighted by Gasteiger charge is 2.21. The van der Waals surface area contributed by atoms with Crippen molar-refractivity contribution in [2.24, 2.45) is 0 Å². The minimum absolute atomic E-state index is 0.140. The first kappa shape index (κ1) is 11.5. The summed E-state index contributed by atoms with van der Waals surface area (Å²) in [5, 5.41) is 9.02. The van der Waals surface area contributed by atoms with Gasteiger partial charge in [-0.15, -0.1) is 0 Å². The highest BCUT2D eigenvalue weighted by atomic mass is 16.3. The number of furan rings is 1. The van der Waals surface area contributed by atoms with Gasteiger partial charge in [0.2, 0.25) is 0 Å². The van der Waals surface area contributed by atoms with E-state index in [0.717, 1.165) is 31.7 Å². The molecule has 1 amide bonds. The summed E-state index contributed by atoms with van der Waals surface area (Å²) in [6.45, 7) is 3.32. The molecule has 4 heteroatoms. The van der Waals surface area contributed by atoms with Crippen molar-refractivity contribution in [1.82, 2.24) is 4.90 Å². The van der Waals surface area contributed by atoms with Crippen molar-refractivity contribution in [3.63, 3.8) is 0 Å². The third-order valence-corrected chi connectivity index (χ3v) is 2.79. The fourth-order valence-electron chi connectivity index (χ4n) is 1.91. The first-order valence-electron chi connectivity index (χ1n) is 5.68. The Morgan fingerprint density at radius 3 is 2.71 bits per heavy atom. The Kier molecular flexibility index (Phi) is 3.29. The quantitative estimate of drug-likeness (QED) is 0.577. The van der Waals surface area contributed by atoms with Gasteiger partial charge >= 0.3 is 0 Å². The van der Waals surface area contributed by atoms with E-state index in [9.17, 15) is 4.79 Å². The smallest absolute Gasteiger partial charge is 0.264 e. The molecule has 0 atom stereocenters. The summed E-state index contributed by atoms with van der Waals surface area (Å²) in [7, 11) is 0. The van der Waals surface area contributed by atoms with Crippen molar-refractivity contribution in [2.45, 2.75) is 19.8 Å². The van der Waals surface area contributed by atoms with Gasteiger partial charge in [0.1, 0.15) is 23.2 Å². The molecule has 0 N–H and O–H groups in total. The number of rotatable bonds is 2. The second-order valence-corrected chi connectivity index (χ2v) is 4.12. The molecule has 0 aliphatic carbocycles. The summed E-state index contributed by atoms with van der Waals surface area (Å²) in [5.74, 6) is 1.12. The molecule has 17 heavy (non-hydrogen) atoms. The Morgan fingerprint density at radius 2 is 2.18 bits per heavy atom. The van der Waals surface area contributed by atoms with E-state index in [1.54, 1.807) is 17.0 Å². The molecule has 0 radical (unpaired) electrons. The van der Waals surface area contributed by atoms with Gasteiger partial charge in [0.25, 0.3) is 5.91 Å². The summed E-state index contributed by atoms with van der Waals surface area (Å²) in [4.78, 5) is 13.7. The number of hydrogen-bond acceptors (Lipinski definition) is 3. The molecule has 1 aliphatic heterocycles. The standard InChI is InChI=1S/C13H14N2O2/c1-10-4-5-12(17-10)8-11(9-14)13(16)15-6-2-3-7-15/h4-5,8H,2-3,6-7H2,1H3. The minimum Gasteiger partial charge on any atom is -0.462 e. The average molecular weight is 230 g/mol. The van der Waals surface area contributed by atoms with Gasteiger partial charge < -0.3 is 9.32 Å². The van der Waals surface area contributed by atoms with E-state index >= 15 is 0 Å². The Bertz CT molecular complexity index is 488. The lowest BCUT2D eigenvalue weighted by atomic mass is 10.2. The first-order valence-corrected chi connectivity index (χ1v) is 5.68. The molecule has 0 aromatic carbocycles. The minimum atomic E-state index is -0.195. The third-order valence-electron chi connectivity index (χ3n) is 2.79. The van der Waals surface area contributed by atoms with Gasteiger partial charge in [-0.05, 0) is 31.9 Å². The topological polar surface area (TPSA) is 57.2 Å². The van der Waals surface area contributed by atoms with Gasteiger partial charge in [0, 0.05) is 19.2 Å². The number of aryl methyl sites for hydroxylation is 1. The summed E-state index contributed by atoms with van der Waals surface area (Å²) in [5.41, 5.74) is 0.140. The number of carbonyl (C=O) groups excluding carboxylic acids is 1. The molecular formula is C13H14N2O2. The van der Waals surface area contributed by atoms with E-state index in [4.69, 9.17) is 9.68 Å². The van der Waals surface area contributed by atoms with E-state index in [2.05, 4.69) is 0 Å². The second kappa shape index (κ2) is 4.88. The maximum atomic E-state index is 12.0. The summed E-state index contributed by atoms with van der Waals surface area (Å²) in [6.07, 6.45) is 3.54. The average Bonchev–Trinajstić information content (AvgIpc) is 2.96. The van der Waals surface area contributed by atoms with Crippen LogP contribution in [0.25, 0.3) is 6.08 Å². The van der Waals surface area contributed by atoms with Crippen LogP contribution in [-0.2, 0) is 4.79 Å². The lowest BCUT2D eigenvalue weighted by Gasteiger charge is -2.13. The zero-order valence-corrected chi connectivity index (χ0v) is 9.77. The Morgan fingerprint density at radius 1 is 1.47 bits per heavy atom. The zero-order chi connectivity index (χ0) is 12.3. The lowest BCUT2D eigenvalue weighted by Crippen LogP contribution is -2.28. The second-order valence-electron chi connectivity index (χ2n) is 4.12. The maximum absolute atomic E-state index is 12.0. The molecule has 88 valence electrons. The van der Waals surface area contributed by atoms with Crippen LogP contribution in [-0.4, -0.2) is 23.9 Å². The van der Waals surface area contributed by atoms with Crippen molar-refractivity contribution >= 4 is 12.0 Å². The van der Waals surface area contributed by atoms with Crippen LogP contribution >= 0.6 is 0 Å². The molecule has 1 fully saturated rings. The molecule has 1 aromatic heterocycles. The molecule has 2 heterocycles. The molecule has 0 spiro atoms. The van der Waals surface area contributed by atoms with Crippen molar-refractivity contribution in [3.05, 3.63) is 29.2 Å². The van der Waals surface area contributed by atoms with E-state index in [1.807, 2.05) is 13.0 Å². The van der Waals surface area contributed by atoms with E-state index in [-0.39, 0.29) is 11.5 Å². The highest BCUT2D eigenvalue weighted by Crippen LogP contribution is 2.15. The Labute approximate surface area is 100 Å². The number of likely N-dealkylation sites (tertiary alicyclic amines) is 1. The summed E-state index contributed by atoms with van der Waals surface area (Å²) < 4.78 is 5.33. The molecule has 1 aliphatic rings. The maximum Gasteiger partial charge on any atom is 0.264 e. The zero-order valence-electron chi connectivity index (χ0n) is 9.77. The number of hydrogen-bond donors (Lipinski definition) is 0. The van der Waals surface area contributed by atoms with Crippen molar-refractivity contribution in [3.8, 4) is 6.07 Å². The van der Waals surface area contributed by atoms with Gasteiger partial charge in [0.05, 0.1) is 0 Å². The number of nitrogens with zero attached hydrogens (tertiary/aromatic N) is 2. The van der Waals surface area contributed by atoms with Crippen molar-refractivity contribution in [2.75, 3.05) is 13.1 Å². The van der Waals surface area contributed by atoms with Crippen LogP contribution in [0.2, 0.25) is 0 Å². The first-order chi connectivity index (χ1) is 8.20. The molecule has 1 aromatic rings. The van der Waals surface area contributed by atoms with Crippen LogP contribution in [0.1, 0.15) is 24.4 Å². The largest absolute Gasteiger partial charge is 0.462 e. The molecular weight excluding hydrogens is 216 g/mol. The van der Waals surface area contributed by atoms with Crippen molar-refractivity contribution < 1.29 is 9.21 Å². The number of amides is 1. The number of nitriles is 1. The molecule has 1 saturated heterocycles. The van der Waals surface area contributed by atoms with E-state index < -0.39 is 0 Å². The lowest BCUT2D eigenvalue weighted by molar-refractivity contribution is -0.125. The molecule has 0 bridgehead atoms. The van der Waals surface area contributed by atoms with Crippen LogP contribution in [0.3, 0.4) is 0 Å². The van der Waals surface area contributed by atoms with Crippen LogP contribution < -0.4 is 0 Å². The highest BCUT2D eigenvalue weighted by molar-refractivity contribution is 6.01. The predicted molar refractivity (Wildman–Crippen MR) is 62.8 cm³/mol. The van der Waals surface area contributed by atoms with Gasteiger partial charge in [-0.3, -0.25) is 4.79 Å². The fourth-order valence-corrected chi connectivity index (χ4v) is 1.91. The van der Waals surface area contributed by atoms with Crippen LogP contribution in [0.4, 0.5) is 0 Å². The fraction of sp³-hybridized carbons (Fsp3) is 0.385. The van der Waals surface area contributed by atoms with Gasteiger partial charge in [-0.1, -0.05) is 0 Å². The van der Waals surface area contributed by atoms with Gasteiger partial charge in [-0.2, -0.15) is 5.26 Å². The summed E-state index contributed by atoms with van der Waals surface area (Å²) in [6, 6.07) is 5.51. The van der Waals surface area contributed by atoms with Crippen molar-refractivity contribution in [1.29, 1.82) is 5.26 Å². The SMILES string of the molecule is Cc1ccc(C=C(C#N)C(=O)N2CCCC2)o1. The van der Waals surface area contributed by atoms with E-state index in [0.29, 0.717) is 5.76 Å². The van der Waals surface area contributed by atoms with E-state index in [1.165, 1.54) is 6.08 Å².